The van der Waals surface area contributed by atoms with E-state index in [-0.39, 0.29) is 38.5 Å². The van der Waals surface area contributed by atoms with Crippen molar-refractivity contribution in [2.75, 3.05) is 0 Å². The number of rotatable bonds is 6. The van der Waals surface area contributed by atoms with Gasteiger partial charge in [0.2, 0.25) is 16.6 Å². The maximum atomic E-state index is 7.21. The van der Waals surface area contributed by atoms with Gasteiger partial charge >= 0.3 is 7.12 Å². The molecule has 40 heavy (non-hydrogen) atoms. The van der Waals surface area contributed by atoms with Crippen molar-refractivity contribution < 1.29 is 18.4 Å². The van der Waals surface area contributed by atoms with Gasteiger partial charge in [-0.1, -0.05) is 65.8 Å². The van der Waals surface area contributed by atoms with E-state index in [0.29, 0.717) is 0 Å². The summed E-state index contributed by atoms with van der Waals surface area (Å²) < 4.78 is 27.1. The fourth-order valence-corrected chi connectivity index (χ4v) is 6.60. The average Bonchev–Trinajstić information content (AvgIpc) is 3.04. The Morgan fingerprint density at radius 2 is 0.975 bits per heavy atom. The molecule has 0 aliphatic carbocycles. The highest BCUT2D eigenvalue weighted by atomic mass is 28.4. The Balaban J connectivity index is 2.12. The topological polar surface area (TPSA) is 43.4 Å². The smallest absolute Gasteiger partial charge is 0.399 e. The molecule has 0 amide bonds. The summed E-state index contributed by atoms with van der Waals surface area (Å²) in [6, 6.07) is 8.69. The molecule has 0 N–H and O–H groups in total. The molecule has 228 valence electrons. The fraction of sp³-hybridized carbons (Fsp3) is 0.806. The van der Waals surface area contributed by atoms with E-state index in [1.807, 2.05) is 0 Å². The van der Waals surface area contributed by atoms with Crippen LogP contribution in [0, 0.1) is 0 Å². The molecule has 2 aliphatic heterocycles. The fourth-order valence-electron chi connectivity index (χ4n) is 4.41. The van der Waals surface area contributed by atoms with Crippen LogP contribution < -0.4 is 5.46 Å². The second-order valence-electron chi connectivity index (χ2n) is 17.1. The van der Waals surface area contributed by atoms with Crippen molar-refractivity contribution >= 4 is 29.2 Å². The highest BCUT2D eigenvalue weighted by molar-refractivity contribution is 6.74. The summed E-state index contributed by atoms with van der Waals surface area (Å²) in [7, 11) is -4.73. The van der Waals surface area contributed by atoms with Crippen LogP contribution >= 0.6 is 0 Å². The molecule has 0 bridgehead atoms. The molecule has 0 unspecified atom stereocenters. The standard InChI is InChI=1S/C31H59BN2O4Si2/c1-26(2,3)39(15,16)37-33-25(34(29(9,10)28(33,7)8)38-40(17,18)27(4,5)6)23-19-21-24(22-20-23)32-35-30(11,12)31(13,14)36-32/h19-22,25H,1-18H3. The van der Waals surface area contributed by atoms with E-state index < -0.39 is 23.8 Å². The van der Waals surface area contributed by atoms with E-state index in [4.69, 9.17) is 18.4 Å². The zero-order valence-corrected chi connectivity index (χ0v) is 31.0. The van der Waals surface area contributed by atoms with Gasteiger partial charge in [0.05, 0.1) is 22.3 Å². The molecule has 2 fully saturated rings. The summed E-state index contributed by atoms with van der Waals surface area (Å²) in [6.45, 7) is 40.6. The van der Waals surface area contributed by atoms with Crippen LogP contribution in [0.25, 0.3) is 0 Å². The molecule has 6 nitrogen and oxygen atoms in total. The Morgan fingerprint density at radius 1 is 0.650 bits per heavy atom. The first-order chi connectivity index (χ1) is 17.6. The zero-order chi connectivity index (χ0) is 31.1. The van der Waals surface area contributed by atoms with Crippen molar-refractivity contribution in [1.82, 2.24) is 10.1 Å². The maximum absolute atomic E-state index is 7.21. The predicted octanol–water partition coefficient (Wildman–Crippen LogP) is 8.03. The summed E-state index contributed by atoms with van der Waals surface area (Å²) in [5.41, 5.74) is 0.735. The van der Waals surface area contributed by atoms with Gasteiger partial charge in [0.25, 0.3) is 0 Å². The highest BCUT2D eigenvalue weighted by Gasteiger charge is 2.63. The number of hydroxylamine groups is 4. The van der Waals surface area contributed by atoms with Gasteiger partial charge in [0.15, 0.2) is 0 Å². The van der Waals surface area contributed by atoms with Gasteiger partial charge in [0, 0.05) is 0 Å². The van der Waals surface area contributed by atoms with Crippen molar-refractivity contribution in [2.24, 2.45) is 0 Å². The van der Waals surface area contributed by atoms with Crippen LogP contribution in [-0.4, -0.2) is 56.2 Å². The lowest BCUT2D eigenvalue weighted by Crippen LogP contribution is -2.58. The molecule has 0 saturated carbocycles. The molecule has 0 radical (unpaired) electrons. The van der Waals surface area contributed by atoms with Crippen LogP contribution in [0.2, 0.25) is 36.3 Å². The van der Waals surface area contributed by atoms with Crippen LogP contribution in [0.3, 0.4) is 0 Å². The Hall–Kier alpha value is -0.521. The molecular formula is C31H59BN2O4Si2. The van der Waals surface area contributed by atoms with Crippen LogP contribution in [0.4, 0.5) is 0 Å². The summed E-state index contributed by atoms with van der Waals surface area (Å²) in [4.78, 5) is 0. The van der Waals surface area contributed by atoms with Gasteiger partial charge in [-0.15, -0.1) is 0 Å². The second-order valence-corrected chi connectivity index (χ2v) is 26.5. The van der Waals surface area contributed by atoms with Crippen LogP contribution in [-0.2, 0) is 18.4 Å². The molecule has 0 atom stereocenters. The van der Waals surface area contributed by atoms with Gasteiger partial charge < -0.3 is 18.4 Å². The SMILES string of the molecule is CC1(C)OB(c2ccc(C3N(O[Si](C)(C)C(C)(C)C)C(C)(C)C(C)(C)N3O[Si](C)(C)C(C)(C)C)cc2)OC1(C)C. The van der Waals surface area contributed by atoms with Gasteiger partial charge in [-0.2, -0.15) is 10.1 Å². The molecule has 9 heteroatoms. The van der Waals surface area contributed by atoms with Crippen molar-refractivity contribution in [3.8, 4) is 0 Å². The molecule has 0 spiro atoms. The minimum absolute atomic E-state index is 0.0616. The zero-order valence-electron chi connectivity index (χ0n) is 29.0. The lowest BCUT2D eigenvalue weighted by molar-refractivity contribution is -0.204. The monoisotopic (exact) mass is 590 g/mol. The van der Waals surface area contributed by atoms with Crippen molar-refractivity contribution in [2.45, 2.75) is 162 Å². The Labute approximate surface area is 248 Å². The first-order valence-electron chi connectivity index (χ1n) is 15.0. The van der Waals surface area contributed by atoms with Gasteiger partial charge in [-0.3, -0.25) is 0 Å². The summed E-state index contributed by atoms with van der Waals surface area (Å²) in [5, 5.41) is 4.65. The minimum Gasteiger partial charge on any atom is -0.399 e. The lowest BCUT2D eigenvalue weighted by atomic mass is 9.79. The van der Waals surface area contributed by atoms with E-state index in [0.717, 1.165) is 11.0 Å². The number of nitrogens with zero attached hydrogens (tertiary/aromatic N) is 2. The van der Waals surface area contributed by atoms with Crippen molar-refractivity contribution in [3.63, 3.8) is 0 Å². The van der Waals surface area contributed by atoms with Crippen molar-refractivity contribution in [3.05, 3.63) is 29.8 Å². The largest absolute Gasteiger partial charge is 0.494 e. The molecule has 2 aliphatic rings. The molecule has 1 aromatic carbocycles. The summed E-state index contributed by atoms with van der Waals surface area (Å²) in [6.07, 6.45) is -0.208. The molecule has 3 rings (SSSR count). The third kappa shape index (κ3) is 5.71. The summed E-state index contributed by atoms with van der Waals surface area (Å²) in [5.74, 6) is 0. The summed E-state index contributed by atoms with van der Waals surface area (Å²) >= 11 is 0. The Bertz CT molecular complexity index is 1010. The van der Waals surface area contributed by atoms with E-state index >= 15 is 0 Å². The van der Waals surface area contributed by atoms with Crippen molar-refractivity contribution in [1.29, 1.82) is 0 Å². The quantitative estimate of drug-likeness (QED) is 0.313. The number of hydrogen-bond donors (Lipinski definition) is 0. The molecule has 2 heterocycles. The van der Waals surface area contributed by atoms with Gasteiger partial charge in [-0.05, 0) is 103 Å². The average molecular weight is 591 g/mol. The van der Waals surface area contributed by atoms with Crippen LogP contribution in [0.1, 0.15) is 109 Å². The molecule has 2 saturated heterocycles. The molecule has 1 aromatic rings. The minimum atomic E-state index is -2.17. The first kappa shape index (κ1) is 34.0. The van der Waals surface area contributed by atoms with E-state index in [1.54, 1.807) is 0 Å². The Morgan fingerprint density at radius 3 is 1.27 bits per heavy atom. The number of benzene rings is 1. The van der Waals surface area contributed by atoms with Gasteiger partial charge in [0.1, 0.15) is 6.17 Å². The van der Waals surface area contributed by atoms with Crippen LogP contribution in [0.15, 0.2) is 24.3 Å². The van der Waals surface area contributed by atoms with E-state index in [2.05, 4.69) is 158 Å². The maximum Gasteiger partial charge on any atom is 0.494 e. The first-order valence-corrected chi connectivity index (χ1v) is 20.8. The normalized spacial score (nSPS) is 24.2. The van der Waals surface area contributed by atoms with Crippen LogP contribution in [0.5, 0.6) is 0 Å². The third-order valence-corrected chi connectivity index (χ3v) is 19.6. The third-order valence-electron chi connectivity index (χ3n) is 11.1. The second kappa shape index (κ2) is 10.0. The molecular weight excluding hydrogens is 531 g/mol. The predicted molar refractivity (Wildman–Crippen MR) is 173 cm³/mol. The van der Waals surface area contributed by atoms with E-state index in [9.17, 15) is 0 Å². The lowest BCUT2D eigenvalue weighted by Gasteiger charge is -2.46. The highest BCUT2D eigenvalue weighted by Crippen LogP contribution is 2.54. The molecule has 0 aromatic heterocycles. The number of hydrogen-bond acceptors (Lipinski definition) is 6. The van der Waals surface area contributed by atoms with E-state index in [1.165, 1.54) is 0 Å². The Kier molecular flexibility index (Phi) is 8.50. The van der Waals surface area contributed by atoms with Gasteiger partial charge in [-0.25, -0.2) is 0 Å².